The summed E-state index contributed by atoms with van der Waals surface area (Å²) in [6, 6.07) is 2.72. The van der Waals surface area contributed by atoms with Gasteiger partial charge in [0.1, 0.15) is 5.82 Å². The number of rotatable bonds is 1. The van der Waals surface area contributed by atoms with E-state index >= 15 is 0 Å². The second-order valence-electron chi connectivity index (χ2n) is 3.56. The summed E-state index contributed by atoms with van der Waals surface area (Å²) in [7, 11) is 0. The molecule has 1 N–H and O–H groups in total. The van der Waals surface area contributed by atoms with Crippen LogP contribution in [0.25, 0.3) is 6.08 Å². The number of nitrogens with one attached hydrogen (secondary N) is 1. The van der Waals surface area contributed by atoms with Crippen molar-refractivity contribution in [3.8, 4) is 0 Å². The average molecular weight is 291 g/mol. The molecule has 2 rings (SSSR count). The van der Waals surface area contributed by atoms with Crippen LogP contribution >= 0.6 is 11.8 Å². The number of amides is 2. The highest BCUT2D eigenvalue weighted by atomic mass is 32.2. The van der Waals surface area contributed by atoms with Crippen molar-refractivity contribution < 1.29 is 27.2 Å². The maximum absolute atomic E-state index is 13.7. The maximum Gasteiger partial charge on any atom is 0.419 e. The second-order valence-corrected chi connectivity index (χ2v) is 4.57. The zero-order chi connectivity index (χ0) is 14.2. The van der Waals surface area contributed by atoms with Gasteiger partial charge in [0.2, 0.25) is 0 Å². The third kappa shape index (κ3) is 2.78. The first-order valence-electron chi connectivity index (χ1n) is 4.89. The van der Waals surface area contributed by atoms with Crippen LogP contribution in [0.15, 0.2) is 23.1 Å². The molecule has 2 amide bonds. The van der Waals surface area contributed by atoms with E-state index in [0.717, 1.165) is 18.2 Å². The lowest BCUT2D eigenvalue weighted by Gasteiger charge is -2.09. The summed E-state index contributed by atoms with van der Waals surface area (Å²) in [5.41, 5.74) is -1.82. The first-order chi connectivity index (χ1) is 8.79. The van der Waals surface area contributed by atoms with Gasteiger partial charge in [0.15, 0.2) is 0 Å². The fraction of sp³-hybridized carbons (Fsp3) is 0.0909. The molecule has 0 spiro atoms. The number of imide groups is 1. The molecule has 0 radical (unpaired) electrons. The van der Waals surface area contributed by atoms with Crippen LogP contribution in [0.1, 0.15) is 11.1 Å². The normalized spacial score (nSPS) is 18.0. The SMILES string of the molecule is O=C1NC(=O)/C(=C\c2cccc(C(F)(F)F)c2F)S1. The number of hydrogen-bond acceptors (Lipinski definition) is 3. The van der Waals surface area contributed by atoms with Gasteiger partial charge in [0.25, 0.3) is 11.1 Å². The van der Waals surface area contributed by atoms with E-state index in [1.54, 1.807) is 0 Å². The summed E-state index contributed by atoms with van der Waals surface area (Å²) >= 11 is 0.504. The van der Waals surface area contributed by atoms with Gasteiger partial charge in [-0.25, -0.2) is 4.39 Å². The first-order valence-corrected chi connectivity index (χ1v) is 5.71. The molecule has 0 aromatic heterocycles. The monoisotopic (exact) mass is 291 g/mol. The molecule has 0 saturated carbocycles. The molecule has 0 bridgehead atoms. The van der Waals surface area contributed by atoms with Crippen molar-refractivity contribution in [3.05, 3.63) is 40.0 Å². The maximum atomic E-state index is 13.7. The van der Waals surface area contributed by atoms with E-state index in [0.29, 0.717) is 17.8 Å². The first kappa shape index (κ1) is 13.6. The van der Waals surface area contributed by atoms with Gasteiger partial charge in [-0.1, -0.05) is 12.1 Å². The highest BCUT2D eigenvalue weighted by molar-refractivity contribution is 8.18. The molecule has 1 aliphatic rings. The number of carbonyl (C=O) groups is 2. The second kappa shape index (κ2) is 4.69. The Hall–Kier alpha value is -1.83. The highest BCUT2D eigenvalue weighted by Gasteiger charge is 2.35. The van der Waals surface area contributed by atoms with Gasteiger partial charge in [0.05, 0.1) is 10.5 Å². The zero-order valence-corrected chi connectivity index (χ0v) is 9.86. The molecule has 1 heterocycles. The molecule has 0 atom stereocenters. The van der Waals surface area contributed by atoms with Crippen LogP contribution < -0.4 is 5.32 Å². The Labute approximate surface area is 108 Å². The minimum atomic E-state index is -4.82. The number of benzene rings is 1. The number of halogens is 4. The van der Waals surface area contributed by atoms with Crippen molar-refractivity contribution in [1.82, 2.24) is 5.32 Å². The van der Waals surface area contributed by atoms with E-state index in [4.69, 9.17) is 0 Å². The molecule has 1 aromatic carbocycles. The van der Waals surface area contributed by atoms with Gasteiger partial charge in [-0.05, 0) is 23.9 Å². The van der Waals surface area contributed by atoms with E-state index in [9.17, 15) is 27.2 Å². The molecule has 8 heteroatoms. The highest BCUT2D eigenvalue weighted by Crippen LogP contribution is 2.34. The van der Waals surface area contributed by atoms with Crippen molar-refractivity contribution in [1.29, 1.82) is 0 Å². The van der Waals surface area contributed by atoms with E-state index < -0.39 is 34.3 Å². The van der Waals surface area contributed by atoms with Crippen molar-refractivity contribution in [3.63, 3.8) is 0 Å². The third-order valence-electron chi connectivity index (χ3n) is 2.26. The molecule has 1 aliphatic heterocycles. The Morgan fingerprint density at radius 2 is 1.89 bits per heavy atom. The zero-order valence-electron chi connectivity index (χ0n) is 9.05. The summed E-state index contributed by atoms with van der Waals surface area (Å²) in [5.74, 6) is -2.23. The van der Waals surface area contributed by atoms with Crippen molar-refractivity contribution >= 4 is 29.0 Å². The summed E-state index contributed by atoms with van der Waals surface area (Å²) < 4.78 is 51.1. The largest absolute Gasteiger partial charge is 0.419 e. The molecule has 100 valence electrons. The van der Waals surface area contributed by atoms with Crippen LogP contribution in [0.5, 0.6) is 0 Å². The van der Waals surface area contributed by atoms with Gasteiger partial charge >= 0.3 is 6.18 Å². The Bertz CT molecular complexity index is 595. The van der Waals surface area contributed by atoms with Gasteiger partial charge in [0, 0.05) is 5.56 Å². The summed E-state index contributed by atoms with van der Waals surface area (Å²) in [6.45, 7) is 0. The number of thioether (sulfide) groups is 1. The van der Waals surface area contributed by atoms with Gasteiger partial charge in [-0.2, -0.15) is 13.2 Å². The molecule has 19 heavy (non-hydrogen) atoms. The van der Waals surface area contributed by atoms with Gasteiger partial charge < -0.3 is 0 Å². The Balaban J connectivity index is 2.45. The standard InChI is InChI=1S/C11H5F4NO2S/c12-8-5(2-1-3-6(8)11(13,14)15)4-7-9(17)16-10(18)19-7/h1-4H,(H,16,17,18)/b7-4+. The lowest BCUT2D eigenvalue weighted by molar-refractivity contribution is -0.140. The van der Waals surface area contributed by atoms with E-state index in [2.05, 4.69) is 0 Å². The topological polar surface area (TPSA) is 46.2 Å². The fourth-order valence-electron chi connectivity index (χ4n) is 1.44. The Morgan fingerprint density at radius 3 is 2.42 bits per heavy atom. The predicted octanol–water partition coefficient (Wildman–Crippen LogP) is 3.17. The van der Waals surface area contributed by atoms with Crippen LogP contribution in [0.4, 0.5) is 22.4 Å². The molecule has 1 saturated heterocycles. The lowest BCUT2D eigenvalue weighted by atomic mass is 10.1. The quantitative estimate of drug-likeness (QED) is 0.638. The average Bonchev–Trinajstić information content (AvgIpc) is 2.59. The smallest absolute Gasteiger partial charge is 0.282 e. The lowest BCUT2D eigenvalue weighted by Crippen LogP contribution is -2.17. The van der Waals surface area contributed by atoms with Crippen molar-refractivity contribution in [2.75, 3.05) is 0 Å². The molecule has 1 aromatic rings. The Morgan fingerprint density at radius 1 is 1.21 bits per heavy atom. The van der Waals surface area contributed by atoms with Gasteiger partial charge in [-0.15, -0.1) is 0 Å². The molecular weight excluding hydrogens is 286 g/mol. The summed E-state index contributed by atoms with van der Waals surface area (Å²) in [4.78, 5) is 21.9. The molecular formula is C11H5F4NO2S. The summed E-state index contributed by atoms with van der Waals surface area (Å²) in [5, 5.41) is 1.27. The fourth-order valence-corrected chi connectivity index (χ4v) is 2.12. The van der Waals surface area contributed by atoms with Crippen LogP contribution in [0.3, 0.4) is 0 Å². The van der Waals surface area contributed by atoms with Gasteiger partial charge in [-0.3, -0.25) is 14.9 Å². The van der Waals surface area contributed by atoms with Crippen LogP contribution in [-0.2, 0) is 11.0 Å². The number of alkyl halides is 3. The van der Waals surface area contributed by atoms with Crippen molar-refractivity contribution in [2.24, 2.45) is 0 Å². The van der Waals surface area contributed by atoms with Crippen LogP contribution in [0, 0.1) is 5.82 Å². The summed E-state index contributed by atoms with van der Waals surface area (Å²) in [6.07, 6.45) is -3.91. The molecule has 3 nitrogen and oxygen atoms in total. The van der Waals surface area contributed by atoms with E-state index in [1.165, 1.54) is 0 Å². The Kier molecular flexibility index (Phi) is 3.36. The number of carbonyl (C=O) groups excluding carboxylic acids is 2. The molecule has 1 fully saturated rings. The predicted molar refractivity (Wildman–Crippen MR) is 60.5 cm³/mol. The van der Waals surface area contributed by atoms with E-state index in [1.807, 2.05) is 5.32 Å². The van der Waals surface area contributed by atoms with E-state index in [-0.39, 0.29) is 4.91 Å². The third-order valence-corrected chi connectivity index (χ3v) is 3.07. The minimum absolute atomic E-state index is 0.150. The van der Waals surface area contributed by atoms with Crippen molar-refractivity contribution in [2.45, 2.75) is 6.18 Å². The van der Waals surface area contributed by atoms with Crippen LogP contribution in [-0.4, -0.2) is 11.1 Å². The molecule has 0 aliphatic carbocycles. The number of hydrogen-bond donors (Lipinski definition) is 1. The molecule has 0 unspecified atom stereocenters. The van der Waals surface area contributed by atoms with Crippen LogP contribution in [0.2, 0.25) is 0 Å². The minimum Gasteiger partial charge on any atom is -0.282 e.